The fourth-order valence-corrected chi connectivity index (χ4v) is 2.01. The number of Topliss-reactive ketones (excluding diaryl/α,β-unsaturated/α-hetero) is 1. The van der Waals surface area contributed by atoms with Crippen molar-refractivity contribution in [3.05, 3.63) is 63.9 Å². The maximum atomic E-state index is 13.4. The molecule has 0 aliphatic carbocycles. The molecule has 0 aliphatic rings. The smallest absolute Gasteiger partial charge is 0.186 e. The Labute approximate surface area is 111 Å². The van der Waals surface area contributed by atoms with E-state index in [1.807, 2.05) is 0 Å². The Balaban J connectivity index is 2.30. The van der Waals surface area contributed by atoms with Gasteiger partial charge in [0.1, 0.15) is 17.3 Å². The molecule has 0 spiro atoms. The molecule has 0 bridgehead atoms. The van der Waals surface area contributed by atoms with Gasteiger partial charge in [-0.3, -0.25) is 9.78 Å². The fourth-order valence-electron chi connectivity index (χ4n) is 1.54. The Bertz CT molecular complexity index is 581. The molecule has 1 aromatic heterocycles. The SMILES string of the molecule is O=C(Cc1c(F)cccc1F)c1ncccc1Br. The van der Waals surface area contributed by atoms with Crippen LogP contribution < -0.4 is 0 Å². The van der Waals surface area contributed by atoms with E-state index in [1.165, 1.54) is 12.3 Å². The third kappa shape index (κ3) is 2.61. The summed E-state index contributed by atoms with van der Waals surface area (Å²) in [5.41, 5.74) is -0.0693. The zero-order chi connectivity index (χ0) is 13.1. The number of pyridine rings is 1. The van der Waals surface area contributed by atoms with Crippen LogP contribution in [0.4, 0.5) is 8.78 Å². The fraction of sp³-hybridized carbons (Fsp3) is 0.0769. The van der Waals surface area contributed by atoms with Crippen LogP contribution in [0.1, 0.15) is 16.1 Å². The minimum atomic E-state index is -0.726. The van der Waals surface area contributed by atoms with Crippen molar-refractivity contribution >= 4 is 21.7 Å². The van der Waals surface area contributed by atoms with Crippen molar-refractivity contribution in [3.8, 4) is 0 Å². The number of hydrogen-bond acceptors (Lipinski definition) is 2. The molecule has 0 radical (unpaired) electrons. The second-order valence-corrected chi connectivity index (χ2v) is 4.49. The van der Waals surface area contributed by atoms with Crippen molar-refractivity contribution in [2.45, 2.75) is 6.42 Å². The van der Waals surface area contributed by atoms with Crippen LogP contribution in [0, 0.1) is 11.6 Å². The average Bonchev–Trinajstić information content (AvgIpc) is 2.34. The molecular weight excluding hydrogens is 304 g/mol. The van der Waals surface area contributed by atoms with Gasteiger partial charge in [-0.15, -0.1) is 0 Å². The van der Waals surface area contributed by atoms with Gasteiger partial charge in [0.25, 0.3) is 0 Å². The largest absolute Gasteiger partial charge is 0.292 e. The summed E-state index contributed by atoms with van der Waals surface area (Å²) in [6.45, 7) is 0. The summed E-state index contributed by atoms with van der Waals surface area (Å²) in [5, 5.41) is 0. The third-order valence-corrected chi connectivity index (χ3v) is 3.06. The average molecular weight is 312 g/mol. The zero-order valence-corrected chi connectivity index (χ0v) is 10.7. The number of carbonyl (C=O) groups excluding carboxylic acids is 1. The Kier molecular flexibility index (Phi) is 3.81. The summed E-state index contributed by atoms with van der Waals surface area (Å²) in [5.74, 6) is -1.89. The molecule has 5 heteroatoms. The van der Waals surface area contributed by atoms with Gasteiger partial charge >= 0.3 is 0 Å². The molecule has 0 amide bonds. The number of benzene rings is 1. The summed E-state index contributed by atoms with van der Waals surface area (Å²) in [4.78, 5) is 15.8. The van der Waals surface area contributed by atoms with Crippen molar-refractivity contribution in [1.82, 2.24) is 4.98 Å². The van der Waals surface area contributed by atoms with E-state index < -0.39 is 17.4 Å². The second-order valence-electron chi connectivity index (χ2n) is 3.63. The Morgan fingerprint density at radius 1 is 1.17 bits per heavy atom. The van der Waals surface area contributed by atoms with Crippen LogP contribution in [-0.2, 0) is 6.42 Å². The number of nitrogens with zero attached hydrogens (tertiary/aromatic N) is 1. The highest BCUT2D eigenvalue weighted by atomic mass is 79.9. The minimum absolute atomic E-state index is 0.167. The van der Waals surface area contributed by atoms with Crippen LogP contribution >= 0.6 is 15.9 Å². The molecule has 1 aromatic carbocycles. The minimum Gasteiger partial charge on any atom is -0.292 e. The van der Waals surface area contributed by atoms with Crippen LogP contribution in [-0.4, -0.2) is 10.8 Å². The van der Waals surface area contributed by atoms with Crippen LogP contribution in [0.3, 0.4) is 0 Å². The van der Waals surface area contributed by atoms with Gasteiger partial charge < -0.3 is 0 Å². The van der Waals surface area contributed by atoms with Crippen molar-refractivity contribution in [3.63, 3.8) is 0 Å². The van der Waals surface area contributed by atoms with Gasteiger partial charge in [-0.2, -0.15) is 0 Å². The first-order chi connectivity index (χ1) is 8.59. The number of ketones is 1. The second kappa shape index (κ2) is 5.35. The lowest BCUT2D eigenvalue weighted by Gasteiger charge is -2.05. The lowest BCUT2D eigenvalue weighted by molar-refractivity contribution is 0.0985. The van der Waals surface area contributed by atoms with Gasteiger partial charge in [-0.1, -0.05) is 6.07 Å². The van der Waals surface area contributed by atoms with E-state index >= 15 is 0 Å². The van der Waals surface area contributed by atoms with E-state index in [0.29, 0.717) is 4.47 Å². The van der Waals surface area contributed by atoms with Gasteiger partial charge in [0.15, 0.2) is 5.78 Å². The number of rotatable bonds is 3. The first-order valence-electron chi connectivity index (χ1n) is 5.16. The summed E-state index contributed by atoms with van der Waals surface area (Å²) in [7, 11) is 0. The molecule has 2 rings (SSSR count). The van der Waals surface area contributed by atoms with Gasteiger partial charge in [-0.25, -0.2) is 8.78 Å². The molecule has 0 saturated heterocycles. The van der Waals surface area contributed by atoms with Gasteiger partial charge in [0.2, 0.25) is 0 Å². The molecule has 0 fully saturated rings. The summed E-state index contributed by atoms with van der Waals surface area (Å²) in [6.07, 6.45) is 1.10. The molecule has 1 heterocycles. The first-order valence-corrected chi connectivity index (χ1v) is 5.95. The Morgan fingerprint density at radius 3 is 2.44 bits per heavy atom. The van der Waals surface area contributed by atoms with E-state index in [4.69, 9.17) is 0 Å². The standard InChI is InChI=1S/C13H8BrF2NO/c14-9-3-2-6-17-13(9)12(18)7-8-10(15)4-1-5-11(8)16/h1-6H,7H2. The van der Waals surface area contributed by atoms with Gasteiger partial charge in [0, 0.05) is 22.7 Å². The van der Waals surface area contributed by atoms with E-state index in [1.54, 1.807) is 12.1 Å². The first kappa shape index (κ1) is 12.8. The van der Waals surface area contributed by atoms with E-state index in [-0.39, 0.29) is 17.7 Å². The maximum Gasteiger partial charge on any atom is 0.186 e. The van der Waals surface area contributed by atoms with Crippen LogP contribution in [0.2, 0.25) is 0 Å². The van der Waals surface area contributed by atoms with E-state index in [0.717, 1.165) is 12.1 Å². The molecular formula is C13H8BrF2NO. The molecule has 0 aliphatic heterocycles. The monoisotopic (exact) mass is 311 g/mol. The highest BCUT2D eigenvalue weighted by Gasteiger charge is 2.17. The third-order valence-electron chi connectivity index (χ3n) is 2.42. The number of carbonyl (C=O) groups is 1. The molecule has 0 unspecified atom stereocenters. The molecule has 92 valence electrons. The quantitative estimate of drug-likeness (QED) is 0.811. The maximum absolute atomic E-state index is 13.4. The summed E-state index contributed by atoms with van der Waals surface area (Å²) >= 11 is 3.18. The van der Waals surface area contributed by atoms with Crippen LogP contribution in [0.5, 0.6) is 0 Å². The Morgan fingerprint density at radius 2 is 1.83 bits per heavy atom. The predicted molar refractivity (Wildman–Crippen MR) is 66.3 cm³/mol. The van der Waals surface area contributed by atoms with Crippen LogP contribution in [0.25, 0.3) is 0 Å². The molecule has 0 N–H and O–H groups in total. The number of halogens is 3. The van der Waals surface area contributed by atoms with Gasteiger partial charge in [-0.05, 0) is 40.2 Å². The lowest BCUT2D eigenvalue weighted by Crippen LogP contribution is -2.09. The molecule has 0 saturated carbocycles. The highest BCUT2D eigenvalue weighted by molar-refractivity contribution is 9.10. The van der Waals surface area contributed by atoms with E-state index in [9.17, 15) is 13.6 Å². The molecule has 0 atom stereocenters. The topological polar surface area (TPSA) is 30.0 Å². The number of aromatic nitrogens is 1. The van der Waals surface area contributed by atoms with E-state index in [2.05, 4.69) is 20.9 Å². The normalized spacial score (nSPS) is 10.4. The van der Waals surface area contributed by atoms with Gasteiger partial charge in [0.05, 0.1) is 0 Å². The van der Waals surface area contributed by atoms with Crippen molar-refractivity contribution in [1.29, 1.82) is 0 Å². The number of hydrogen-bond donors (Lipinski definition) is 0. The molecule has 2 aromatic rings. The summed E-state index contributed by atoms with van der Waals surface area (Å²) in [6, 6.07) is 6.82. The lowest BCUT2D eigenvalue weighted by atomic mass is 10.1. The Hall–Kier alpha value is -1.62. The summed E-state index contributed by atoms with van der Waals surface area (Å²) < 4.78 is 27.3. The van der Waals surface area contributed by atoms with Crippen molar-refractivity contribution < 1.29 is 13.6 Å². The highest BCUT2D eigenvalue weighted by Crippen LogP contribution is 2.18. The predicted octanol–water partition coefficient (Wildman–Crippen LogP) is 3.55. The molecule has 18 heavy (non-hydrogen) atoms. The van der Waals surface area contributed by atoms with Crippen molar-refractivity contribution in [2.24, 2.45) is 0 Å². The van der Waals surface area contributed by atoms with Crippen molar-refractivity contribution in [2.75, 3.05) is 0 Å². The van der Waals surface area contributed by atoms with Crippen LogP contribution in [0.15, 0.2) is 41.0 Å². The zero-order valence-electron chi connectivity index (χ0n) is 9.16. The molecule has 2 nitrogen and oxygen atoms in total.